The monoisotopic (exact) mass is 185 g/mol. The number of hydrogen-bond donors (Lipinski definition) is 0. The van der Waals surface area contributed by atoms with Crippen LogP contribution in [0, 0.1) is 0 Å². The van der Waals surface area contributed by atoms with Crippen molar-refractivity contribution in [3.8, 4) is 0 Å². The van der Waals surface area contributed by atoms with Gasteiger partial charge in [0.1, 0.15) is 0 Å². The molecule has 12 heavy (non-hydrogen) atoms. The molecule has 0 radical (unpaired) electrons. The molecule has 0 unspecified atom stereocenters. The van der Waals surface area contributed by atoms with E-state index in [1.807, 2.05) is 0 Å². The molecule has 0 aromatic rings. The smallest absolute Gasteiger partial charge is 0.0483 e. The number of carbonyl (C=O) groups excluding carboxylic acids is 1. The lowest BCUT2D eigenvalue weighted by Gasteiger charge is -2.17. The van der Waals surface area contributed by atoms with Gasteiger partial charge in [-0.3, -0.25) is 0 Å². The van der Waals surface area contributed by atoms with Gasteiger partial charge < -0.3 is 9.90 Å². The van der Waals surface area contributed by atoms with E-state index in [-0.39, 0.29) is 6.42 Å². The average Bonchev–Trinajstić information content (AvgIpc) is 1.79. The summed E-state index contributed by atoms with van der Waals surface area (Å²) in [6, 6.07) is 1.01. The van der Waals surface area contributed by atoms with E-state index in [9.17, 15) is 9.90 Å². The van der Waals surface area contributed by atoms with Gasteiger partial charge in [0.05, 0.1) is 0 Å². The van der Waals surface area contributed by atoms with Gasteiger partial charge in [-0.15, -0.1) is 6.58 Å². The molecular formula is C9H17O2Si-. The van der Waals surface area contributed by atoms with E-state index < -0.39 is 14.0 Å². The summed E-state index contributed by atoms with van der Waals surface area (Å²) in [5.41, 5.74) is 1.05. The number of carboxylic acids is 1. The summed E-state index contributed by atoms with van der Waals surface area (Å²) in [6.45, 7) is 10.6. The van der Waals surface area contributed by atoms with Crippen molar-refractivity contribution in [2.75, 3.05) is 0 Å². The van der Waals surface area contributed by atoms with Crippen LogP contribution in [-0.2, 0) is 4.79 Å². The molecule has 0 bridgehead atoms. The van der Waals surface area contributed by atoms with Crippen molar-refractivity contribution in [1.29, 1.82) is 0 Å². The Hall–Kier alpha value is -0.573. The van der Waals surface area contributed by atoms with E-state index in [0.717, 1.165) is 11.6 Å². The van der Waals surface area contributed by atoms with E-state index in [1.165, 1.54) is 0 Å². The fraction of sp³-hybridized carbons (Fsp3) is 0.667. The Morgan fingerprint density at radius 3 is 2.17 bits per heavy atom. The Morgan fingerprint density at radius 2 is 1.83 bits per heavy atom. The Kier molecular flexibility index (Phi) is 4.24. The Bertz CT molecular complexity index is 179. The standard InChI is InChI=1S/C9H18O2Si/c1-8(5-6-9(10)11)7-12(2,3)4/h1,5-7H2,2-4H3,(H,10,11)/p-1. The van der Waals surface area contributed by atoms with Crippen LogP contribution in [0.2, 0.25) is 25.7 Å². The second kappa shape index (κ2) is 4.45. The minimum absolute atomic E-state index is 0.114. The van der Waals surface area contributed by atoms with Crippen LogP contribution in [0.25, 0.3) is 0 Å². The maximum Gasteiger partial charge on any atom is 0.0483 e. The van der Waals surface area contributed by atoms with Gasteiger partial charge in [0.15, 0.2) is 0 Å². The first kappa shape index (κ1) is 11.4. The molecular weight excluding hydrogens is 168 g/mol. The van der Waals surface area contributed by atoms with Crippen LogP contribution in [0.5, 0.6) is 0 Å². The van der Waals surface area contributed by atoms with Crippen LogP contribution < -0.4 is 5.11 Å². The fourth-order valence-electron chi connectivity index (χ4n) is 1.12. The van der Waals surface area contributed by atoms with Crippen molar-refractivity contribution in [2.24, 2.45) is 0 Å². The molecule has 0 fully saturated rings. The van der Waals surface area contributed by atoms with Crippen LogP contribution in [-0.4, -0.2) is 14.0 Å². The van der Waals surface area contributed by atoms with Crippen LogP contribution in [0.3, 0.4) is 0 Å². The Balaban J connectivity index is 3.68. The first-order valence-corrected chi connectivity index (χ1v) is 7.88. The summed E-state index contributed by atoms with van der Waals surface area (Å²) in [5, 5.41) is 10.1. The van der Waals surface area contributed by atoms with Gasteiger partial charge in [0, 0.05) is 14.0 Å². The quantitative estimate of drug-likeness (QED) is 0.480. The first-order chi connectivity index (χ1) is 5.31. The van der Waals surface area contributed by atoms with Crippen LogP contribution in [0.4, 0.5) is 0 Å². The van der Waals surface area contributed by atoms with E-state index in [2.05, 4.69) is 26.2 Å². The van der Waals surface area contributed by atoms with Gasteiger partial charge in [0.2, 0.25) is 0 Å². The molecule has 0 rings (SSSR count). The highest BCUT2D eigenvalue weighted by Gasteiger charge is 2.13. The maximum absolute atomic E-state index is 10.1. The maximum atomic E-state index is 10.1. The third-order valence-corrected chi connectivity index (χ3v) is 3.02. The number of carboxylic acid groups (broad SMARTS) is 1. The topological polar surface area (TPSA) is 40.1 Å². The zero-order valence-corrected chi connectivity index (χ0v) is 9.14. The SMILES string of the molecule is C=C(CCC(=O)[O-])C[Si](C)(C)C. The van der Waals surface area contributed by atoms with Gasteiger partial charge in [-0.05, 0) is 18.9 Å². The summed E-state index contributed by atoms with van der Waals surface area (Å²) >= 11 is 0. The molecule has 0 amide bonds. The van der Waals surface area contributed by atoms with Crippen LogP contribution in [0.15, 0.2) is 12.2 Å². The van der Waals surface area contributed by atoms with E-state index >= 15 is 0 Å². The normalized spacial score (nSPS) is 11.2. The molecule has 0 spiro atoms. The van der Waals surface area contributed by atoms with Crippen molar-refractivity contribution in [3.05, 3.63) is 12.2 Å². The third kappa shape index (κ3) is 7.53. The lowest BCUT2D eigenvalue weighted by Crippen LogP contribution is -2.23. The van der Waals surface area contributed by atoms with Gasteiger partial charge >= 0.3 is 0 Å². The number of aliphatic carboxylic acids is 1. The second-order valence-electron chi connectivity index (χ2n) is 4.36. The zero-order chi connectivity index (χ0) is 9.78. The third-order valence-electron chi connectivity index (χ3n) is 1.46. The summed E-state index contributed by atoms with van der Waals surface area (Å²) in [7, 11) is -1.11. The predicted octanol–water partition coefficient (Wildman–Crippen LogP) is 1.41. The zero-order valence-electron chi connectivity index (χ0n) is 8.14. The van der Waals surface area contributed by atoms with E-state index in [0.29, 0.717) is 6.42 Å². The first-order valence-electron chi connectivity index (χ1n) is 4.18. The summed E-state index contributed by atoms with van der Waals surface area (Å²) in [4.78, 5) is 10.1. The summed E-state index contributed by atoms with van der Waals surface area (Å²) in [6.07, 6.45) is 0.690. The Labute approximate surface area is 75.3 Å². The van der Waals surface area contributed by atoms with Crippen LogP contribution in [0.1, 0.15) is 12.8 Å². The molecule has 0 aromatic heterocycles. The van der Waals surface area contributed by atoms with Crippen LogP contribution >= 0.6 is 0 Å². The largest absolute Gasteiger partial charge is 0.550 e. The number of allylic oxidation sites excluding steroid dienone is 1. The van der Waals surface area contributed by atoms with Gasteiger partial charge in [-0.2, -0.15) is 0 Å². The van der Waals surface area contributed by atoms with E-state index in [4.69, 9.17) is 0 Å². The molecule has 2 nitrogen and oxygen atoms in total. The van der Waals surface area contributed by atoms with Crippen molar-refractivity contribution >= 4 is 14.0 Å². The summed E-state index contributed by atoms with van der Waals surface area (Å²) in [5.74, 6) is -0.980. The lowest BCUT2D eigenvalue weighted by atomic mass is 10.2. The van der Waals surface area contributed by atoms with Crippen molar-refractivity contribution in [2.45, 2.75) is 38.5 Å². The molecule has 3 heteroatoms. The lowest BCUT2D eigenvalue weighted by molar-refractivity contribution is -0.305. The molecule has 0 aliphatic carbocycles. The molecule has 0 saturated heterocycles. The molecule has 0 aliphatic rings. The number of rotatable bonds is 5. The highest BCUT2D eigenvalue weighted by molar-refractivity contribution is 6.76. The van der Waals surface area contributed by atoms with Gasteiger partial charge in [-0.1, -0.05) is 25.2 Å². The highest BCUT2D eigenvalue weighted by Crippen LogP contribution is 2.17. The van der Waals surface area contributed by atoms with Crippen molar-refractivity contribution in [1.82, 2.24) is 0 Å². The fourth-order valence-corrected chi connectivity index (χ4v) is 2.79. The summed E-state index contributed by atoms with van der Waals surface area (Å²) < 4.78 is 0. The molecule has 0 atom stereocenters. The molecule has 0 saturated carbocycles. The van der Waals surface area contributed by atoms with Gasteiger partial charge in [-0.25, -0.2) is 0 Å². The number of carbonyl (C=O) groups is 1. The van der Waals surface area contributed by atoms with E-state index in [1.54, 1.807) is 0 Å². The van der Waals surface area contributed by atoms with Gasteiger partial charge in [0.25, 0.3) is 0 Å². The molecule has 0 aliphatic heterocycles. The minimum atomic E-state index is -1.11. The van der Waals surface area contributed by atoms with Crippen molar-refractivity contribution in [3.63, 3.8) is 0 Å². The molecule has 70 valence electrons. The molecule has 0 N–H and O–H groups in total. The Morgan fingerprint density at radius 1 is 1.33 bits per heavy atom. The predicted molar refractivity (Wildman–Crippen MR) is 51.5 cm³/mol. The van der Waals surface area contributed by atoms with Crippen molar-refractivity contribution < 1.29 is 9.90 Å². The number of hydrogen-bond acceptors (Lipinski definition) is 2. The average molecular weight is 185 g/mol. The molecule has 0 aromatic carbocycles. The highest BCUT2D eigenvalue weighted by atomic mass is 28.3. The minimum Gasteiger partial charge on any atom is -0.550 e. The second-order valence-corrected chi connectivity index (χ2v) is 9.83. The molecule has 0 heterocycles.